The average Bonchev–Trinajstić information content (AvgIpc) is 2.57. The van der Waals surface area contributed by atoms with Crippen molar-refractivity contribution in [3.05, 3.63) is 47.3 Å². The van der Waals surface area contributed by atoms with Gasteiger partial charge in [-0.15, -0.1) is 0 Å². The van der Waals surface area contributed by atoms with E-state index in [1.807, 2.05) is 12.1 Å². The van der Waals surface area contributed by atoms with Crippen LogP contribution in [-0.2, 0) is 0 Å². The maximum Gasteiger partial charge on any atom is 0.126 e. The molecule has 0 aromatic heterocycles. The van der Waals surface area contributed by atoms with Crippen LogP contribution in [0.15, 0.2) is 30.4 Å². The van der Waals surface area contributed by atoms with E-state index in [0.717, 1.165) is 5.56 Å². The lowest BCUT2D eigenvalue weighted by molar-refractivity contribution is 0.218. The van der Waals surface area contributed by atoms with Gasteiger partial charge < -0.3 is 5.11 Å². The standard InChI is InChI=1S/C12H13FO/c1-8-6-9(3-5-12(8)13)10-2-4-11(14)7-10/h2-6,10-11,14H,7H2,1H3/t10-,11-/m1/s1. The second kappa shape index (κ2) is 3.54. The normalized spacial score (nSPS) is 25.6. The minimum absolute atomic E-state index is 0.170. The summed E-state index contributed by atoms with van der Waals surface area (Å²) in [7, 11) is 0. The molecule has 0 bridgehead atoms. The molecule has 0 unspecified atom stereocenters. The topological polar surface area (TPSA) is 20.2 Å². The number of halogens is 1. The van der Waals surface area contributed by atoms with Gasteiger partial charge in [-0.2, -0.15) is 0 Å². The fourth-order valence-corrected chi connectivity index (χ4v) is 1.83. The Balaban J connectivity index is 2.25. The molecule has 1 N–H and O–H groups in total. The number of rotatable bonds is 1. The summed E-state index contributed by atoms with van der Waals surface area (Å²) in [6.07, 6.45) is 4.15. The van der Waals surface area contributed by atoms with Gasteiger partial charge in [0.2, 0.25) is 0 Å². The number of hydrogen-bond donors (Lipinski definition) is 1. The van der Waals surface area contributed by atoms with Gasteiger partial charge in [-0.05, 0) is 30.5 Å². The second-order valence-corrected chi connectivity index (χ2v) is 3.80. The summed E-state index contributed by atoms with van der Waals surface area (Å²) in [5, 5.41) is 9.32. The monoisotopic (exact) mass is 192 g/mol. The molecule has 0 spiro atoms. The Labute approximate surface area is 82.9 Å². The van der Waals surface area contributed by atoms with Crippen LogP contribution in [0.4, 0.5) is 4.39 Å². The molecular formula is C12H13FO. The summed E-state index contributed by atoms with van der Waals surface area (Å²) in [5.41, 5.74) is 1.74. The molecule has 0 heterocycles. The van der Waals surface area contributed by atoms with Crippen LogP contribution in [0.3, 0.4) is 0 Å². The average molecular weight is 192 g/mol. The number of aliphatic hydroxyl groups is 1. The largest absolute Gasteiger partial charge is 0.389 e. The third-order valence-electron chi connectivity index (χ3n) is 2.67. The second-order valence-electron chi connectivity index (χ2n) is 3.80. The third kappa shape index (κ3) is 1.70. The Bertz CT molecular complexity index is 371. The first kappa shape index (κ1) is 9.41. The molecule has 1 aromatic rings. The molecule has 0 fully saturated rings. The van der Waals surface area contributed by atoms with Gasteiger partial charge in [-0.1, -0.05) is 24.3 Å². The van der Waals surface area contributed by atoms with Crippen LogP contribution in [0.25, 0.3) is 0 Å². The van der Waals surface area contributed by atoms with E-state index in [-0.39, 0.29) is 17.8 Å². The Morgan fingerprint density at radius 2 is 2.14 bits per heavy atom. The summed E-state index contributed by atoms with van der Waals surface area (Å²) in [6, 6.07) is 5.13. The molecule has 74 valence electrons. The quantitative estimate of drug-likeness (QED) is 0.678. The zero-order chi connectivity index (χ0) is 10.1. The molecule has 1 aliphatic carbocycles. The molecule has 1 nitrogen and oxygen atoms in total. The van der Waals surface area contributed by atoms with E-state index < -0.39 is 0 Å². The number of benzene rings is 1. The van der Waals surface area contributed by atoms with E-state index in [9.17, 15) is 9.50 Å². The summed E-state index contributed by atoms with van der Waals surface area (Å²) >= 11 is 0. The molecule has 0 saturated carbocycles. The molecular weight excluding hydrogens is 179 g/mol. The van der Waals surface area contributed by atoms with Gasteiger partial charge in [0.05, 0.1) is 6.10 Å². The Morgan fingerprint density at radius 3 is 2.71 bits per heavy atom. The van der Waals surface area contributed by atoms with E-state index in [2.05, 4.69) is 0 Å². The van der Waals surface area contributed by atoms with E-state index >= 15 is 0 Å². The predicted octanol–water partition coefficient (Wildman–Crippen LogP) is 2.54. The molecule has 0 radical (unpaired) electrons. The SMILES string of the molecule is Cc1cc([C@@H]2C=C[C@@H](O)C2)ccc1F. The third-order valence-corrected chi connectivity index (χ3v) is 2.67. The van der Waals surface area contributed by atoms with Crippen molar-refractivity contribution in [3.63, 3.8) is 0 Å². The smallest absolute Gasteiger partial charge is 0.126 e. The van der Waals surface area contributed by atoms with Crippen molar-refractivity contribution in [2.45, 2.75) is 25.4 Å². The fourth-order valence-electron chi connectivity index (χ4n) is 1.83. The van der Waals surface area contributed by atoms with Crippen LogP contribution in [0.5, 0.6) is 0 Å². The number of hydrogen-bond acceptors (Lipinski definition) is 1. The van der Waals surface area contributed by atoms with Gasteiger partial charge in [0, 0.05) is 5.92 Å². The Hall–Kier alpha value is -1.15. The first-order valence-electron chi connectivity index (χ1n) is 4.79. The van der Waals surface area contributed by atoms with Crippen LogP contribution in [0.2, 0.25) is 0 Å². The Morgan fingerprint density at radius 1 is 1.36 bits per heavy atom. The molecule has 0 aliphatic heterocycles. The molecule has 1 aliphatic rings. The first-order chi connectivity index (χ1) is 6.66. The maximum absolute atomic E-state index is 13.0. The van der Waals surface area contributed by atoms with E-state index in [1.54, 1.807) is 19.1 Å². The van der Waals surface area contributed by atoms with Crippen LogP contribution in [0, 0.1) is 12.7 Å². The highest BCUT2D eigenvalue weighted by Crippen LogP contribution is 2.29. The fraction of sp³-hybridized carbons (Fsp3) is 0.333. The van der Waals surface area contributed by atoms with Crippen molar-refractivity contribution in [2.75, 3.05) is 0 Å². The maximum atomic E-state index is 13.0. The number of aliphatic hydroxyl groups excluding tert-OH is 1. The number of aryl methyl sites for hydroxylation is 1. The first-order valence-corrected chi connectivity index (χ1v) is 4.79. The summed E-state index contributed by atoms with van der Waals surface area (Å²) in [4.78, 5) is 0. The molecule has 0 saturated heterocycles. The van der Waals surface area contributed by atoms with Gasteiger partial charge in [0.1, 0.15) is 5.82 Å². The van der Waals surface area contributed by atoms with Crippen molar-refractivity contribution in [3.8, 4) is 0 Å². The highest BCUT2D eigenvalue weighted by molar-refractivity contribution is 5.31. The van der Waals surface area contributed by atoms with Crippen molar-refractivity contribution < 1.29 is 9.50 Å². The highest BCUT2D eigenvalue weighted by atomic mass is 19.1. The van der Waals surface area contributed by atoms with Crippen LogP contribution in [0.1, 0.15) is 23.5 Å². The molecule has 0 amide bonds. The van der Waals surface area contributed by atoms with E-state index in [0.29, 0.717) is 12.0 Å². The molecule has 1 aromatic carbocycles. The summed E-state index contributed by atoms with van der Waals surface area (Å²) in [6.45, 7) is 1.76. The lowest BCUT2D eigenvalue weighted by Gasteiger charge is -2.10. The van der Waals surface area contributed by atoms with Crippen LogP contribution in [-0.4, -0.2) is 11.2 Å². The van der Waals surface area contributed by atoms with Crippen molar-refractivity contribution >= 4 is 0 Å². The van der Waals surface area contributed by atoms with Crippen molar-refractivity contribution in [2.24, 2.45) is 0 Å². The van der Waals surface area contributed by atoms with Crippen molar-refractivity contribution in [1.29, 1.82) is 0 Å². The minimum atomic E-state index is -0.342. The summed E-state index contributed by atoms with van der Waals surface area (Å²) in [5.74, 6) is 0.0700. The number of allylic oxidation sites excluding steroid dienone is 1. The van der Waals surface area contributed by atoms with Crippen LogP contribution >= 0.6 is 0 Å². The van der Waals surface area contributed by atoms with Gasteiger partial charge in [-0.3, -0.25) is 0 Å². The Kier molecular flexibility index (Phi) is 2.38. The predicted molar refractivity (Wildman–Crippen MR) is 53.6 cm³/mol. The van der Waals surface area contributed by atoms with Crippen molar-refractivity contribution in [1.82, 2.24) is 0 Å². The zero-order valence-electron chi connectivity index (χ0n) is 8.07. The molecule has 2 rings (SSSR count). The minimum Gasteiger partial charge on any atom is -0.389 e. The highest BCUT2D eigenvalue weighted by Gasteiger charge is 2.18. The van der Waals surface area contributed by atoms with Gasteiger partial charge in [0.15, 0.2) is 0 Å². The van der Waals surface area contributed by atoms with Gasteiger partial charge in [0.25, 0.3) is 0 Å². The lowest BCUT2D eigenvalue weighted by atomic mass is 9.97. The van der Waals surface area contributed by atoms with E-state index in [1.165, 1.54) is 6.07 Å². The van der Waals surface area contributed by atoms with Crippen LogP contribution < -0.4 is 0 Å². The molecule has 2 heteroatoms. The summed E-state index contributed by atoms with van der Waals surface area (Å²) < 4.78 is 13.0. The molecule has 14 heavy (non-hydrogen) atoms. The zero-order valence-corrected chi connectivity index (χ0v) is 8.07. The van der Waals surface area contributed by atoms with Gasteiger partial charge >= 0.3 is 0 Å². The van der Waals surface area contributed by atoms with E-state index in [4.69, 9.17) is 0 Å². The molecule has 2 atom stereocenters. The van der Waals surface area contributed by atoms with Gasteiger partial charge in [-0.25, -0.2) is 4.39 Å². The lowest BCUT2D eigenvalue weighted by Crippen LogP contribution is -2.01.